The Morgan fingerprint density at radius 1 is 1.46 bits per heavy atom. The maximum atomic E-state index is 9.92. The topological polar surface area (TPSA) is 37.3 Å². The van der Waals surface area contributed by atoms with Gasteiger partial charge in [0.1, 0.15) is 5.75 Å². The molecule has 0 spiro atoms. The van der Waals surface area contributed by atoms with Crippen LogP contribution >= 0.6 is 11.6 Å². The van der Waals surface area contributed by atoms with Gasteiger partial charge in [0.25, 0.3) is 0 Å². The van der Waals surface area contributed by atoms with Crippen LogP contribution in [0.4, 0.5) is 0 Å². The van der Waals surface area contributed by atoms with Crippen molar-refractivity contribution in [3.63, 3.8) is 0 Å². The number of halogens is 1. The molecule has 0 amide bonds. The summed E-state index contributed by atoms with van der Waals surface area (Å²) >= 11 is 5.64. The summed E-state index contributed by atoms with van der Waals surface area (Å²) in [6, 6.07) is 4.90. The third kappa shape index (κ3) is 4.17. The van der Waals surface area contributed by atoms with E-state index in [4.69, 9.17) is 16.7 Å². The number of aryl methyl sites for hydroxylation is 1. The summed E-state index contributed by atoms with van der Waals surface area (Å²) in [5.74, 6) is 0.0653. The van der Waals surface area contributed by atoms with Gasteiger partial charge in [-0.15, -0.1) is 6.42 Å². The van der Waals surface area contributed by atoms with Gasteiger partial charge in [-0.3, -0.25) is 6.29 Å². The molecule has 0 radical (unpaired) electrons. The maximum absolute atomic E-state index is 9.92. The molecule has 4 heteroatoms. The van der Waals surface area contributed by atoms with Gasteiger partial charge in [-0.25, -0.2) is 0 Å². The Bertz CT molecular complexity index is 289. The van der Waals surface area contributed by atoms with Crippen molar-refractivity contribution in [2.24, 2.45) is 0 Å². The fourth-order valence-corrected chi connectivity index (χ4v) is 1.10. The van der Waals surface area contributed by atoms with E-state index >= 15 is 0 Å². The van der Waals surface area contributed by atoms with E-state index in [9.17, 15) is 4.79 Å². The molecule has 0 bridgehead atoms. The second-order valence-corrected chi connectivity index (χ2v) is 2.84. The van der Waals surface area contributed by atoms with E-state index < -0.39 is 0 Å². The van der Waals surface area contributed by atoms with Crippen LogP contribution in [0.25, 0.3) is 0 Å². The molecule has 1 rings (SSSR count). The molecule has 0 aromatic heterocycles. The molecule has 0 atom stereocenters. The smallest absolute Gasteiger partial charge is 0.134 e. The average Bonchev–Trinajstić information content (AvgIpc) is 2.07. The minimum absolute atomic E-state index is 0. The minimum atomic E-state index is 0. The zero-order chi connectivity index (χ0) is 8.97. The second kappa shape index (κ2) is 6.48. The summed E-state index contributed by atoms with van der Waals surface area (Å²) in [5, 5.41) is 9.38. The maximum Gasteiger partial charge on any atom is 0.134 e. The van der Waals surface area contributed by atoms with Crippen molar-refractivity contribution in [2.45, 2.75) is 12.8 Å². The van der Waals surface area contributed by atoms with E-state index in [0.717, 1.165) is 5.56 Å². The van der Waals surface area contributed by atoms with Gasteiger partial charge in [0.15, 0.2) is 0 Å². The van der Waals surface area contributed by atoms with Crippen molar-refractivity contribution in [2.75, 3.05) is 0 Å². The summed E-state index contributed by atoms with van der Waals surface area (Å²) < 4.78 is 0. The molecule has 0 aliphatic carbocycles. The Morgan fingerprint density at radius 2 is 2.15 bits per heavy atom. The number of rotatable bonds is 3. The molecule has 13 heavy (non-hydrogen) atoms. The van der Waals surface area contributed by atoms with E-state index in [1.807, 2.05) is 0 Å². The van der Waals surface area contributed by atoms with E-state index in [2.05, 4.69) is 0 Å². The molecule has 0 heterocycles. The number of phenolic OH excluding ortho intramolecular Hbond substituents is 1. The fourth-order valence-electron chi connectivity index (χ4n) is 0.901. The van der Waals surface area contributed by atoms with Gasteiger partial charge >= 0.3 is 0 Å². The number of hydrogen-bond acceptors (Lipinski definition) is 2. The molecule has 1 aromatic rings. The Morgan fingerprint density at radius 3 is 2.69 bits per heavy atom. The average molecular weight is 422 g/mol. The van der Waals surface area contributed by atoms with Crippen LogP contribution < -0.4 is 0 Å². The Labute approximate surface area is 106 Å². The van der Waals surface area contributed by atoms with Crippen LogP contribution in [-0.4, -0.2) is 11.4 Å². The second-order valence-electron chi connectivity index (χ2n) is 2.43. The zero-order valence-corrected chi connectivity index (χ0v) is 11.8. The van der Waals surface area contributed by atoms with E-state index in [-0.39, 0.29) is 36.9 Å². The molecule has 68 valence electrons. The van der Waals surface area contributed by atoms with Gasteiger partial charge < -0.3 is 9.90 Å². The standard InChI is InChI=1S/C9H8ClO2.U/c10-8-6-7(2-1-5-11)3-4-9(8)12;/h3-4,6,12H,1-2H2;/q-1;. The molecule has 0 saturated carbocycles. The van der Waals surface area contributed by atoms with Crippen LogP contribution in [0.5, 0.6) is 5.75 Å². The third-order valence-corrected chi connectivity index (χ3v) is 1.83. The van der Waals surface area contributed by atoms with Gasteiger partial charge in [0.05, 0.1) is 5.02 Å². The number of phenols is 1. The summed E-state index contributed by atoms with van der Waals surface area (Å²) in [4.78, 5) is 9.92. The fraction of sp³-hybridized carbons (Fsp3) is 0.222. The van der Waals surface area contributed by atoms with Gasteiger partial charge in [-0.2, -0.15) is 0 Å². The molecular formula is C9H8ClO2U-. The molecule has 1 aromatic carbocycles. The van der Waals surface area contributed by atoms with Crippen molar-refractivity contribution < 1.29 is 41.0 Å². The quantitative estimate of drug-likeness (QED) is 0.759. The summed E-state index contributed by atoms with van der Waals surface area (Å²) in [7, 11) is 0. The van der Waals surface area contributed by atoms with Crippen molar-refractivity contribution >= 4 is 17.9 Å². The molecule has 0 aliphatic heterocycles. The first kappa shape index (κ1) is 13.0. The van der Waals surface area contributed by atoms with Gasteiger partial charge in [0, 0.05) is 31.1 Å². The molecular weight excluding hydrogens is 414 g/mol. The predicted octanol–water partition coefficient (Wildman–Crippen LogP) is 2.09. The molecule has 0 aliphatic rings. The first-order valence-electron chi connectivity index (χ1n) is 3.56. The number of benzene rings is 1. The molecule has 0 saturated heterocycles. The van der Waals surface area contributed by atoms with Crippen molar-refractivity contribution in [1.82, 2.24) is 0 Å². The van der Waals surface area contributed by atoms with Crippen LogP contribution in [0, 0.1) is 31.1 Å². The van der Waals surface area contributed by atoms with Crippen LogP contribution in [0.3, 0.4) is 0 Å². The minimum Gasteiger partial charge on any atom is -0.542 e. The van der Waals surface area contributed by atoms with Gasteiger partial charge in [-0.1, -0.05) is 24.1 Å². The Hall–Kier alpha value is 0.0319. The molecule has 2 nitrogen and oxygen atoms in total. The van der Waals surface area contributed by atoms with Crippen molar-refractivity contribution in [1.29, 1.82) is 0 Å². The van der Waals surface area contributed by atoms with E-state index in [1.54, 1.807) is 18.4 Å². The van der Waals surface area contributed by atoms with Crippen LogP contribution in [0.2, 0.25) is 5.02 Å². The Balaban J connectivity index is 0.00000144. The summed E-state index contributed by atoms with van der Waals surface area (Å²) in [6.45, 7) is 0. The summed E-state index contributed by atoms with van der Waals surface area (Å²) in [6.07, 6.45) is 2.77. The number of hydrogen-bond donors (Lipinski definition) is 1. The molecule has 0 fully saturated rings. The van der Waals surface area contributed by atoms with Gasteiger partial charge in [0.2, 0.25) is 0 Å². The van der Waals surface area contributed by atoms with Gasteiger partial charge in [-0.05, 0) is 17.7 Å². The zero-order valence-electron chi connectivity index (χ0n) is 6.88. The Kier molecular flexibility index (Phi) is 6.50. The van der Waals surface area contributed by atoms with Crippen molar-refractivity contribution in [3.8, 4) is 5.75 Å². The first-order valence-corrected chi connectivity index (χ1v) is 3.94. The van der Waals surface area contributed by atoms with Crippen LogP contribution in [0.1, 0.15) is 12.0 Å². The van der Waals surface area contributed by atoms with E-state index in [0.29, 0.717) is 17.9 Å². The van der Waals surface area contributed by atoms with Crippen LogP contribution in [-0.2, 0) is 11.2 Å². The number of carbonyl (C=O) groups excluding carboxylic acids is 1. The van der Waals surface area contributed by atoms with Crippen LogP contribution in [0.15, 0.2) is 18.2 Å². The van der Waals surface area contributed by atoms with Crippen molar-refractivity contribution in [3.05, 3.63) is 28.8 Å². The largest absolute Gasteiger partial charge is 0.542 e. The monoisotopic (exact) mass is 421 g/mol. The summed E-state index contributed by atoms with van der Waals surface area (Å²) in [5.41, 5.74) is 0.932. The first-order chi connectivity index (χ1) is 5.74. The molecule has 1 N–H and O–H groups in total. The normalized spacial score (nSPS) is 9.00. The van der Waals surface area contributed by atoms with E-state index in [1.165, 1.54) is 6.07 Å². The third-order valence-electron chi connectivity index (χ3n) is 1.53. The SMILES string of the molecule is O=[C-]CCc1ccc(O)c(Cl)c1.[U]. The predicted molar refractivity (Wildman–Crippen MR) is 47.1 cm³/mol. The molecule has 0 unspecified atom stereocenters. The number of aromatic hydroxyl groups is 1.